The number of rotatable bonds is 4. The minimum atomic E-state index is 0.308. The van der Waals surface area contributed by atoms with Crippen LogP contribution < -0.4 is 5.32 Å². The molecule has 2 rings (SSSR count). The fourth-order valence-electron chi connectivity index (χ4n) is 2.11. The Morgan fingerprint density at radius 3 is 2.87 bits per heavy atom. The van der Waals surface area contributed by atoms with Crippen LogP contribution in [0.15, 0.2) is 0 Å². The maximum Gasteiger partial charge on any atom is 0.147 e. The smallest absolute Gasteiger partial charge is 0.147 e. The summed E-state index contributed by atoms with van der Waals surface area (Å²) in [6, 6.07) is 0.430. The highest BCUT2D eigenvalue weighted by Gasteiger charge is 2.23. The Balaban J connectivity index is 1.63. The number of hydrogen-bond acceptors (Lipinski definition) is 4. The Hall–Kier alpha value is -0.160. The van der Waals surface area contributed by atoms with Crippen molar-refractivity contribution >= 4 is 0 Å². The summed E-state index contributed by atoms with van der Waals surface area (Å²) in [6.07, 6.45) is 4.07. The van der Waals surface area contributed by atoms with Crippen LogP contribution in [0.3, 0.4) is 0 Å². The van der Waals surface area contributed by atoms with Gasteiger partial charge in [-0.15, -0.1) is 0 Å². The van der Waals surface area contributed by atoms with Crippen molar-refractivity contribution in [3.05, 3.63) is 0 Å². The van der Waals surface area contributed by atoms with Crippen LogP contribution in [0.1, 0.15) is 26.2 Å². The van der Waals surface area contributed by atoms with Crippen molar-refractivity contribution in [3.63, 3.8) is 0 Å². The lowest BCUT2D eigenvalue weighted by molar-refractivity contribution is -0.138. The van der Waals surface area contributed by atoms with Gasteiger partial charge in [0, 0.05) is 19.2 Å². The maximum atomic E-state index is 5.63. The summed E-state index contributed by atoms with van der Waals surface area (Å²) in [5.74, 6) is 0. The van der Waals surface area contributed by atoms with E-state index in [0.717, 1.165) is 26.2 Å². The van der Waals surface area contributed by atoms with E-state index in [1.165, 1.54) is 12.8 Å². The molecule has 2 aliphatic heterocycles. The molecule has 88 valence electrons. The maximum absolute atomic E-state index is 5.63. The molecule has 0 amide bonds. The molecule has 15 heavy (non-hydrogen) atoms. The average Bonchev–Trinajstić information content (AvgIpc) is 2.81. The van der Waals surface area contributed by atoms with Gasteiger partial charge < -0.3 is 19.5 Å². The van der Waals surface area contributed by atoms with E-state index in [9.17, 15) is 0 Å². The fourth-order valence-corrected chi connectivity index (χ4v) is 2.11. The number of nitrogens with one attached hydrogen (secondary N) is 1. The molecular weight excluding hydrogens is 194 g/mol. The summed E-state index contributed by atoms with van der Waals surface area (Å²) >= 11 is 0. The van der Waals surface area contributed by atoms with E-state index in [-0.39, 0.29) is 0 Å². The van der Waals surface area contributed by atoms with Crippen LogP contribution in [0.2, 0.25) is 0 Å². The minimum absolute atomic E-state index is 0.308. The number of hydrogen-bond donors (Lipinski definition) is 1. The Kier molecular flexibility index (Phi) is 4.38. The molecular formula is C11H21NO3. The standard InChI is InChI=1S/C11H21NO3/c1-9(11-3-2-5-14-11)12-7-10-4-6-13-8-15-10/h9-12H,2-8H2,1H3. The lowest BCUT2D eigenvalue weighted by Crippen LogP contribution is -2.43. The summed E-state index contributed by atoms with van der Waals surface area (Å²) in [5.41, 5.74) is 0. The molecule has 4 nitrogen and oxygen atoms in total. The highest BCUT2D eigenvalue weighted by Crippen LogP contribution is 2.15. The Morgan fingerprint density at radius 2 is 2.20 bits per heavy atom. The minimum Gasteiger partial charge on any atom is -0.377 e. The zero-order valence-corrected chi connectivity index (χ0v) is 9.41. The van der Waals surface area contributed by atoms with E-state index in [1.54, 1.807) is 0 Å². The van der Waals surface area contributed by atoms with Crippen molar-refractivity contribution in [3.8, 4) is 0 Å². The molecule has 0 aromatic rings. The van der Waals surface area contributed by atoms with E-state index in [0.29, 0.717) is 25.0 Å². The van der Waals surface area contributed by atoms with Crippen LogP contribution in [0.25, 0.3) is 0 Å². The molecule has 0 aliphatic carbocycles. The van der Waals surface area contributed by atoms with Crippen LogP contribution in [0, 0.1) is 0 Å². The van der Waals surface area contributed by atoms with Gasteiger partial charge in [-0.25, -0.2) is 0 Å². The van der Waals surface area contributed by atoms with Crippen LogP contribution in [0.5, 0.6) is 0 Å². The molecule has 0 aromatic heterocycles. The van der Waals surface area contributed by atoms with Gasteiger partial charge in [-0.05, 0) is 26.2 Å². The van der Waals surface area contributed by atoms with Crippen LogP contribution in [-0.2, 0) is 14.2 Å². The second-order valence-electron chi connectivity index (χ2n) is 4.35. The predicted octanol–water partition coefficient (Wildman–Crippen LogP) is 0.906. The van der Waals surface area contributed by atoms with Crippen molar-refractivity contribution < 1.29 is 14.2 Å². The first-order chi connectivity index (χ1) is 7.36. The van der Waals surface area contributed by atoms with Gasteiger partial charge in [0.15, 0.2) is 0 Å². The van der Waals surface area contributed by atoms with Crippen molar-refractivity contribution in [1.82, 2.24) is 5.32 Å². The zero-order chi connectivity index (χ0) is 10.5. The third kappa shape index (κ3) is 3.41. The first-order valence-corrected chi connectivity index (χ1v) is 5.90. The Labute approximate surface area is 91.3 Å². The third-order valence-electron chi connectivity index (χ3n) is 3.16. The highest BCUT2D eigenvalue weighted by atomic mass is 16.7. The van der Waals surface area contributed by atoms with E-state index < -0.39 is 0 Å². The SMILES string of the molecule is CC(NCC1CCOCO1)C1CCCO1. The summed E-state index contributed by atoms with van der Waals surface area (Å²) in [6.45, 7) is 5.28. The van der Waals surface area contributed by atoms with Crippen molar-refractivity contribution in [2.24, 2.45) is 0 Å². The van der Waals surface area contributed by atoms with Gasteiger partial charge in [-0.2, -0.15) is 0 Å². The lowest BCUT2D eigenvalue weighted by Gasteiger charge is -2.26. The summed E-state index contributed by atoms with van der Waals surface area (Å²) in [5, 5.41) is 3.49. The molecule has 2 aliphatic rings. The second kappa shape index (κ2) is 5.80. The lowest BCUT2D eigenvalue weighted by atomic mass is 10.1. The largest absolute Gasteiger partial charge is 0.377 e. The van der Waals surface area contributed by atoms with Crippen LogP contribution >= 0.6 is 0 Å². The molecule has 0 bridgehead atoms. The van der Waals surface area contributed by atoms with Crippen LogP contribution in [-0.4, -0.2) is 44.8 Å². The fraction of sp³-hybridized carbons (Fsp3) is 1.00. The van der Waals surface area contributed by atoms with Gasteiger partial charge in [0.05, 0.1) is 18.8 Å². The van der Waals surface area contributed by atoms with Gasteiger partial charge >= 0.3 is 0 Å². The van der Waals surface area contributed by atoms with Crippen molar-refractivity contribution in [2.45, 2.75) is 44.4 Å². The van der Waals surface area contributed by atoms with Gasteiger partial charge in [0.2, 0.25) is 0 Å². The second-order valence-corrected chi connectivity index (χ2v) is 4.35. The normalized spacial score (nSPS) is 34.2. The van der Waals surface area contributed by atoms with E-state index in [2.05, 4.69) is 12.2 Å². The zero-order valence-electron chi connectivity index (χ0n) is 9.41. The predicted molar refractivity (Wildman–Crippen MR) is 56.7 cm³/mol. The quantitative estimate of drug-likeness (QED) is 0.756. The van der Waals surface area contributed by atoms with Gasteiger partial charge in [0.25, 0.3) is 0 Å². The molecule has 3 unspecified atom stereocenters. The molecule has 2 saturated heterocycles. The van der Waals surface area contributed by atoms with Crippen LogP contribution in [0.4, 0.5) is 0 Å². The highest BCUT2D eigenvalue weighted by molar-refractivity contribution is 4.78. The summed E-state index contributed by atoms with van der Waals surface area (Å²) in [7, 11) is 0. The Bertz CT molecular complexity index is 177. The first-order valence-electron chi connectivity index (χ1n) is 5.90. The van der Waals surface area contributed by atoms with E-state index in [1.807, 2.05) is 0 Å². The number of ether oxygens (including phenoxy) is 3. The molecule has 2 fully saturated rings. The van der Waals surface area contributed by atoms with E-state index in [4.69, 9.17) is 14.2 Å². The molecule has 2 heterocycles. The first kappa shape index (κ1) is 11.3. The molecule has 4 heteroatoms. The van der Waals surface area contributed by atoms with Crippen molar-refractivity contribution in [1.29, 1.82) is 0 Å². The molecule has 1 N–H and O–H groups in total. The topological polar surface area (TPSA) is 39.7 Å². The molecule has 3 atom stereocenters. The van der Waals surface area contributed by atoms with E-state index >= 15 is 0 Å². The van der Waals surface area contributed by atoms with Gasteiger partial charge in [-0.1, -0.05) is 0 Å². The Morgan fingerprint density at radius 1 is 1.27 bits per heavy atom. The van der Waals surface area contributed by atoms with Gasteiger partial charge in [0.1, 0.15) is 6.79 Å². The molecule has 0 saturated carbocycles. The molecule has 0 aromatic carbocycles. The molecule has 0 radical (unpaired) electrons. The molecule has 0 spiro atoms. The summed E-state index contributed by atoms with van der Waals surface area (Å²) < 4.78 is 16.2. The average molecular weight is 215 g/mol. The van der Waals surface area contributed by atoms with Crippen molar-refractivity contribution in [2.75, 3.05) is 26.6 Å². The summed E-state index contributed by atoms with van der Waals surface area (Å²) in [4.78, 5) is 0. The third-order valence-corrected chi connectivity index (χ3v) is 3.16. The van der Waals surface area contributed by atoms with Gasteiger partial charge in [-0.3, -0.25) is 0 Å². The monoisotopic (exact) mass is 215 g/mol.